The molecular formula is C30H20BrN3O4S3. The van der Waals surface area contributed by atoms with Gasteiger partial charge in [-0.15, -0.1) is 11.3 Å². The van der Waals surface area contributed by atoms with E-state index < -0.39 is 17.1 Å². The van der Waals surface area contributed by atoms with Crippen LogP contribution in [0.1, 0.15) is 15.7 Å². The van der Waals surface area contributed by atoms with E-state index in [-0.39, 0.29) is 29.1 Å². The first-order valence-electron chi connectivity index (χ1n) is 12.7. The molecule has 3 amide bonds. The molecule has 1 fully saturated rings. The Morgan fingerprint density at radius 2 is 1.68 bits per heavy atom. The molecule has 5 aromatic rings. The van der Waals surface area contributed by atoms with Gasteiger partial charge in [-0.2, -0.15) is 0 Å². The van der Waals surface area contributed by atoms with E-state index in [1.165, 1.54) is 32.6 Å². The molecule has 2 aromatic heterocycles. The van der Waals surface area contributed by atoms with Gasteiger partial charge < -0.3 is 5.32 Å². The van der Waals surface area contributed by atoms with E-state index in [1.807, 2.05) is 60.0 Å². The highest BCUT2D eigenvalue weighted by molar-refractivity contribution is 9.10. The topological polar surface area (TPSA) is 88.5 Å². The van der Waals surface area contributed by atoms with Gasteiger partial charge in [-0.05, 0) is 58.6 Å². The first-order valence-corrected chi connectivity index (χ1v) is 16.1. The molecule has 2 unspecified atom stereocenters. The average molecular weight is 663 g/mol. The number of hydrogen-bond acceptors (Lipinski definition) is 7. The Hall–Kier alpha value is -3.51. The molecule has 0 spiro atoms. The largest absolute Gasteiger partial charge is 0.325 e. The van der Waals surface area contributed by atoms with Crippen LogP contribution in [-0.2, 0) is 20.9 Å². The van der Waals surface area contributed by atoms with Gasteiger partial charge in [0.15, 0.2) is 0 Å². The van der Waals surface area contributed by atoms with Gasteiger partial charge in [-0.25, -0.2) is 4.90 Å². The number of carbonyl (C=O) groups is 3. The van der Waals surface area contributed by atoms with Crippen LogP contribution in [0.2, 0.25) is 0 Å². The number of fused-ring (bicyclic) bond motifs is 3. The van der Waals surface area contributed by atoms with Gasteiger partial charge >= 0.3 is 4.87 Å². The third-order valence-corrected chi connectivity index (χ3v) is 11.4. The van der Waals surface area contributed by atoms with Crippen molar-refractivity contribution >= 4 is 90.2 Å². The van der Waals surface area contributed by atoms with Gasteiger partial charge in [0.25, 0.3) is 0 Å². The van der Waals surface area contributed by atoms with Crippen molar-refractivity contribution in [3.63, 3.8) is 0 Å². The molecule has 4 heterocycles. The summed E-state index contributed by atoms with van der Waals surface area (Å²) < 4.78 is 2.29. The van der Waals surface area contributed by atoms with Crippen LogP contribution >= 0.6 is 50.4 Å². The standard InChI is InChI=1S/C30H20BrN3O4S3/c31-18-8-11-20(12-9-18)34-27(36)24-23(21-6-3-13-39-21)26-29(40-25(24)28(34)37)33(30(38)41-26)15-22(35)32-19-10-7-16-4-1-2-5-17(16)14-19/h1-14,23-25H,15H2,(H,32,35)/t23-,24?,25?/m1/s1. The maximum atomic E-state index is 13.9. The van der Waals surface area contributed by atoms with Crippen molar-refractivity contribution < 1.29 is 14.4 Å². The Kier molecular flexibility index (Phi) is 6.69. The number of anilines is 2. The average Bonchev–Trinajstić information content (AvgIpc) is 3.66. The SMILES string of the molecule is O=C(Cn1c2c(sc1=O)[C@H](c1cccs1)C1C(=O)N(c3ccc(Br)cc3)C(=O)C1S2)Nc1ccc2ccccc2c1. The van der Waals surface area contributed by atoms with Gasteiger partial charge in [-0.1, -0.05) is 75.4 Å². The van der Waals surface area contributed by atoms with Gasteiger partial charge in [0.05, 0.1) is 16.6 Å². The molecule has 0 aliphatic carbocycles. The second-order valence-corrected chi connectivity index (χ2v) is 13.8. The molecule has 0 saturated carbocycles. The zero-order chi connectivity index (χ0) is 28.2. The van der Waals surface area contributed by atoms with Crippen molar-refractivity contribution in [1.82, 2.24) is 4.57 Å². The number of nitrogens with zero attached hydrogens (tertiary/aromatic N) is 2. The Morgan fingerprint density at radius 3 is 2.44 bits per heavy atom. The first-order chi connectivity index (χ1) is 19.9. The van der Waals surface area contributed by atoms with Crippen LogP contribution in [0, 0.1) is 5.92 Å². The number of aromatic nitrogens is 1. The fraction of sp³-hybridized carbons (Fsp3) is 0.133. The van der Waals surface area contributed by atoms with Gasteiger partial charge in [-0.3, -0.25) is 23.7 Å². The number of benzene rings is 3. The lowest BCUT2D eigenvalue weighted by Crippen LogP contribution is -2.32. The lowest BCUT2D eigenvalue weighted by molar-refractivity contribution is -0.122. The lowest BCUT2D eigenvalue weighted by Gasteiger charge is -2.29. The van der Waals surface area contributed by atoms with Crippen LogP contribution in [0.3, 0.4) is 0 Å². The van der Waals surface area contributed by atoms with Crippen LogP contribution in [0.15, 0.2) is 98.5 Å². The summed E-state index contributed by atoms with van der Waals surface area (Å²) in [5.74, 6) is -2.04. The van der Waals surface area contributed by atoms with Crippen molar-refractivity contribution in [2.75, 3.05) is 10.2 Å². The van der Waals surface area contributed by atoms with Gasteiger partial charge in [0, 0.05) is 25.8 Å². The number of hydrogen-bond donors (Lipinski definition) is 1. The summed E-state index contributed by atoms with van der Waals surface area (Å²) in [7, 11) is 0. The molecule has 41 heavy (non-hydrogen) atoms. The number of rotatable bonds is 5. The second kappa shape index (κ2) is 10.4. The third-order valence-electron chi connectivity index (χ3n) is 7.32. The fourth-order valence-corrected chi connectivity index (χ4v) is 9.47. The molecule has 2 aliphatic heterocycles. The summed E-state index contributed by atoms with van der Waals surface area (Å²) in [4.78, 5) is 56.7. The minimum Gasteiger partial charge on any atom is -0.325 e. The minimum absolute atomic E-state index is 0.197. The molecule has 3 aromatic carbocycles. The molecule has 2 aliphatic rings. The van der Waals surface area contributed by atoms with E-state index in [0.29, 0.717) is 16.4 Å². The highest BCUT2D eigenvalue weighted by atomic mass is 79.9. The number of nitrogens with one attached hydrogen (secondary N) is 1. The Labute approximate surface area is 254 Å². The summed E-state index contributed by atoms with van der Waals surface area (Å²) in [6, 6.07) is 24.4. The highest BCUT2D eigenvalue weighted by Crippen LogP contribution is 2.54. The van der Waals surface area contributed by atoms with Crippen molar-refractivity contribution in [3.05, 3.63) is 108 Å². The predicted octanol–water partition coefficient (Wildman–Crippen LogP) is 6.32. The molecule has 0 radical (unpaired) electrons. The van der Waals surface area contributed by atoms with Crippen molar-refractivity contribution in [2.45, 2.75) is 22.7 Å². The number of thiazole rings is 1. The highest BCUT2D eigenvalue weighted by Gasteiger charge is 2.57. The zero-order valence-corrected chi connectivity index (χ0v) is 25.2. The van der Waals surface area contributed by atoms with Crippen LogP contribution in [0.25, 0.3) is 10.8 Å². The Balaban J connectivity index is 1.23. The normalized spacial score (nSPS) is 19.8. The zero-order valence-electron chi connectivity index (χ0n) is 21.2. The predicted molar refractivity (Wildman–Crippen MR) is 167 cm³/mol. The van der Waals surface area contributed by atoms with Gasteiger partial charge in [0.1, 0.15) is 11.8 Å². The summed E-state index contributed by atoms with van der Waals surface area (Å²) in [5.41, 5.74) is 1.15. The molecular weight excluding hydrogens is 642 g/mol. The molecule has 0 bridgehead atoms. The molecule has 7 rings (SSSR count). The molecule has 3 atom stereocenters. The number of imide groups is 1. The summed E-state index contributed by atoms with van der Waals surface area (Å²) in [6.07, 6.45) is 0. The fourth-order valence-electron chi connectivity index (χ4n) is 5.49. The Morgan fingerprint density at radius 1 is 0.902 bits per heavy atom. The van der Waals surface area contributed by atoms with E-state index in [9.17, 15) is 19.2 Å². The van der Waals surface area contributed by atoms with Gasteiger partial charge in [0.2, 0.25) is 17.7 Å². The maximum absolute atomic E-state index is 13.9. The van der Waals surface area contributed by atoms with Crippen LogP contribution < -0.4 is 15.1 Å². The Bertz CT molecular complexity index is 1900. The van der Waals surface area contributed by atoms with Crippen LogP contribution in [0.5, 0.6) is 0 Å². The monoisotopic (exact) mass is 661 g/mol. The van der Waals surface area contributed by atoms with E-state index in [2.05, 4.69) is 21.2 Å². The van der Waals surface area contributed by atoms with E-state index in [1.54, 1.807) is 24.3 Å². The summed E-state index contributed by atoms with van der Waals surface area (Å²) >= 11 is 7.17. The minimum atomic E-state index is -0.713. The quantitative estimate of drug-likeness (QED) is 0.223. The van der Waals surface area contributed by atoms with Crippen molar-refractivity contribution in [3.8, 4) is 0 Å². The van der Waals surface area contributed by atoms with Crippen molar-refractivity contribution in [1.29, 1.82) is 0 Å². The van der Waals surface area contributed by atoms with E-state index in [4.69, 9.17) is 0 Å². The van der Waals surface area contributed by atoms with Crippen LogP contribution in [-0.4, -0.2) is 27.5 Å². The van der Waals surface area contributed by atoms with Crippen molar-refractivity contribution in [2.24, 2.45) is 5.92 Å². The van der Waals surface area contributed by atoms with E-state index in [0.717, 1.165) is 36.3 Å². The molecule has 1 N–H and O–H groups in total. The van der Waals surface area contributed by atoms with E-state index >= 15 is 0 Å². The summed E-state index contributed by atoms with van der Waals surface area (Å²) in [5, 5.41) is 6.75. The van der Waals surface area contributed by atoms with Crippen LogP contribution in [0.4, 0.5) is 11.4 Å². The molecule has 11 heteroatoms. The number of thiophene rings is 1. The second-order valence-electron chi connectivity index (χ2n) is 9.78. The first kappa shape index (κ1) is 26.4. The number of amides is 3. The number of carbonyl (C=O) groups excluding carboxylic acids is 3. The smallest absolute Gasteiger partial charge is 0.308 e. The number of thioether (sulfide) groups is 1. The number of halogens is 1. The third kappa shape index (κ3) is 4.57. The lowest BCUT2D eigenvalue weighted by atomic mass is 9.87. The molecule has 204 valence electrons. The maximum Gasteiger partial charge on any atom is 0.308 e. The molecule has 1 saturated heterocycles. The molecule has 7 nitrogen and oxygen atoms in total. The summed E-state index contributed by atoms with van der Waals surface area (Å²) in [6.45, 7) is -0.197.